The lowest BCUT2D eigenvalue weighted by atomic mass is 10.1. The zero-order valence-corrected chi connectivity index (χ0v) is 7.04. The van der Waals surface area contributed by atoms with Gasteiger partial charge in [-0.15, -0.1) is 0 Å². The third-order valence-electron chi connectivity index (χ3n) is 1.30. The van der Waals surface area contributed by atoms with Crippen LogP contribution in [-0.2, 0) is 9.59 Å². The molecule has 76 valence electrons. The van der Waals surface area contributed by atoms with Crippen LogP contribution in [0.3, 0.4) is 0 Å². The van der Waals surface area contributed by atoms with Gasteiger partial charge in [0.25, 0.3) is 0 Å². The van der Waals surface area contributed by atoms with E-state index in [2.05, 4.69) is 0 Å². The molecule has 0 saturated heterocycles. The second-order valence-electron chi connectivity index (χ2n) is 2.80. The van der Waals surface area contributed by atoms with E-state index in [0.29, 0.717) is 0 Å². The predicted octanol–water partition coefficient (Wildman–Crippen LogP) is 1.83. The molecule has 0 N–H and O–H groups in total. The van der Waals surface area contributed by atoms with Crippen molar-refractivity contribution in [2.45, 2.75) is 32.1 Å². The highest BCUT2D eigenvalue weighted by molar-refractivity contribution is 6.04. The Labute approximate surface area is 71.9 Å². The van der Waals surface area contributed by atoms with Gasteiger partial charge < -0.3 is 0 Å². The first-order chi connectivity index (χ1) is 5.55. The first kappa shape index (κ1) is 12.1. The van der Waals surface area contributed by atoms with Crippen molar-refractivity contribution in [2.24, 2.45) is 0 Å². The fraction of sp³-hybridized carbons (Fsp3) is 0.714. The molecule has 0 aromatic rings. The Hall–Kier alpha value is -0.940. The SMILES string of the molecule is CC(F)(F)C(=O)CC(=O)C(C)(F)F. The minimum absolute atomic E-state index is 0.260. The summed E-state index contributed by atoms with van der Waals surface area (Å²) in [6.07, 6.45) is -1.44. The van der Waals surface area contributed by atoms with Crippen LogP contribution in [0.2, 0.25) is 0 Å². The Morgan fingerprint density at radius 1 is 0.923 bits per heavy atom. The quantitative estimate of drug-likeness (QED) is 0.512. The summed E-state index contributed by atoms with van der Waals surface area (Å²) in [5.41, 5.74) is 0. The summed E-state index contributed by atoms with van der Waals surface area (Å²) in [7, 11) is 0. The van der Waals surface area contributed by atoms with Crippen LogP contribution < -0.4 is 0 Å². The number of Topliss-reactive ketones (excluding diaryl/α,β-unsaturated/α-hetero) is 2. The maximum Gasteiger partial charge on any atom is 0.302 e. The summed E-state index contributed by atoms with van der Waals surface area (Å²) in [6, 6.07) is 0. The lowest BCUT2D eigenvalue weighted by Crippen LogP contribution is -2.33. The van der Waals surface area contributed by atoms with E-state index in [1.807, 2.05) is 0 Å². The van der Waals surface area contributed by atoms with Gasteiger partial charge in [0.1, 0.15) is 0 Å². The van der Waals surface area contributed by atoms with Crippen LogP contribution in [0.5, 0.6) is 0 Å². The molecule has 0 rings (SSSR count). The summed E-state index contributed by atoms with van der Waals surface area (Å²) >= 11 is 0. The van der Waals surface area contributed by atoms with E-state index in [9.17, 15) is 27.2 Å². The van der Waals surface area contributed by atoms with Crippen LogP contribution >= 0.6 is 0 Å². The topological polar surface area (TPSA) is 34.1 Å². The molecule has 2 nitrogen and oxygen atoms in total. The van der Waals surface area contributed by atoms with Gasteiger partial charge in [-0.05, 0) is 0 Å². The van der Waals surface area contributed by atoms with Gasteiger partial charge >= 0.3 is 11.8 Å². The largest absolute Gasteiger partial charge is 0.302 e. The second kappa shape index (κ2) is 3.43. The number of carbonyl (C=O) groups is 2. The number of hydrogen-bond donors (Lipinski definition) is 0. The van der Waals surface area contributed by atoms with E-state index in [0.717, 1.165) is 0 Å². The fourth-order valence-electron chi connectivity index (χ4n) is 0.456. The number of rotatable bonds is 4. The Kier molecular flexibility index (Phi) is 3.18. The first-order valence-electron chi connectivity index (χ1n) is 3.37. The van der Waals surface area contributed by atoms with Gasteiger partial charge in [-0.25, -0.2) is 0 Å². The lowest BCUT2D eigenvalue weighted by Gasteiger charge is -2.11. The summed E-state index contributed by atoms with van der Waals surface area (Å²) in [5.74, 6) is -11.1. The Balaban J connectivity index is 4.34. The molecule has 0 spiro atoms. The lowest BCUT2D eigenvalue weighted by molar-refractivity contribution is -0.151. The third-order valence-corrected chi connectivity index (χ3v) is 1.30. The Morgan fingerprint density at radius 2 is 1.15 bits per heavy atom. The molecule has 0 aliphatic heterocycles. The zero-order chi connectivity index (χ0) is 10.9. The highest BCUT2D eigenvalue weighted by Crippen LogP contribution is 2.20. The second-order valence-corrected chi connectivity index (χ2v) is 2.80. The molecule has 0 atom stereocenters. The van der Waals surface area contributed by atoms with Gasteiger partial charge in [-0.1, -0.05) is 0 Å². The summed E-state index contributed by atoms with van der Waals surface area (Å²) in [6.45, 7) is 0.521. The van der Waals surface area contributed by atoms with Gasteiger partial charge in [0.15, 0.2) is 0 Å². The summed E-state index contributed by atoms with van der Waals surface area (Å²) in [4.78, 5) is 20.8. The Morgan fingerprint density at radius 3 is 1.31 bits per heavy atom. The van der Waals surface area contributed by atoms with Gasteiger partial charge in [0.05, 0.1) is 6.42 Å². The minimum atomic E-state index is -3.74. The van der Waals surface area contributed by atoms with Crippen molar-refractivity contribution in [2.75, 3.05) is 0 Å². The highest BCUT2D eigenvalue weighted by atomic mass is 19.3. The molecule has 0 aliphatic rings. The highest BCUT2D eigenvalue weighted by Gasteiger charge is 2.39. The normalized spacial score (nSPS) is 12.8. The molecule has 0 bridgehead atoms. The Bertz CT molecular complexity index is 200. The molecular formula is C7H8F4O2. The van der Waals surface area contributed by atoms with E-state index in [4.69, 9.17) is 0 Å². The summed E-state index contributed by atoms with van der Waals surface area (Å²) in [5, 5.41) is 0. The molecule has 0 saturated carbocycles. The molecule has 0 radical (unpaired) electrons. The molecule has 0 amide bonds. The average Bonchev–Trinajstić information content (AvgIpc) is 1.82. The van der Waals surface area contributed by atoms with Crippen LogP contribution in [0, 0.1) is 0 Å². The average molecular weight is 200 g/mol. The maximum absolute atomic E-state index is 12.1. The van der Waals surface area contributed by atoms with Gasteiger partial charge in [0.2, 0.25) is 11.6 Å². The van der Waals surface area contributed by atoms with E-state index < -0.39 is 29.8 Å². The molecule has 13 heavy (non-hydrogen) atoms. The molecule has 0 heterocycles. The van der Waals surface area contributed by atoms with E-state index in [1.54, 1.807) is 0 Å². The minimum Gasteiger partial charge on any atom is -0.292 e. The number of alkyl halides is 4. The molecular weight excluding hydrogens is 192 g/mol. The predicted molar refractivity (Wildman–Crippen MR) is 35.9 cm³/mol. The van der Waals surface area contributed by atoms with Crippen molar-refractivity contribution < 1.29 is 27.2 Å². The zero-order valence-electron chi connectivity index (χ0n) is 7.04. The molecule has 0 aliphatic carbocycles. The monoisotopic (exact) mass is 200 g/mol. The van der Waals surface area contributed by atoms with Gasteiger partial charge in [-0.3, -0.25) is 9.59 Å². The van der Waals surface area contributed by atoms with Crippen molar-refractivity contribution in [3.05, 3.63) is 0 Å². The van der Waals surface area contributed by atoms with Crippen molar-refractivity contribution in [1.82, 2.24) is 0 Å². The fourth-order valence-corrected chi connectivity index (χ4v) is 0.456. The van der Waals surface area contributed by atoms with Crippen LogP contribution in [0.4, 0.5) is 17.6 Å². The molecule has 0 unspecified atom stereocenters. The third kappa shape index (κ3) is 4.00. The molecule has 0 aromatic carbocycles. The number of hydrogen-bond acceptors (Lipinski definition) is 2. The molecule has 6 heteroatoms. The van der Waals surface area contributed by atoms with Crippen LogP contribution in [-0.4, -0.2) is 23.4 Å². The van der Waals surface area contributed by atoms with Gasteiger partial charge in [-0.2, -0.15) is 17.6 Å². The van der Waals surface area contributed by atoms with Crippen LogP contribution in [0.25, 0.3) is 0 Å². The van der Waals surface area contributed by atoms with E-state index in [-0.39, 0.29) is 13.8 Å². The van der Waals surface area contributed by atoms with Crippen LogP contribution in [0.15, 0.2) is 0 Å². The molecule has 0 fully saturated rings. The maximum atomic E-state index is 12.1. The number of halogens is 4. The van der Waals surface area contributed by atoms with Crippen molar-refractivity contribution in [3.8, 4) is 0 Å². The number of carbonyl (C=O) groups excluding carboxylic acids is 2. The standard InChI is InChI=1S/C7H8F4O2/c1-6(8,9)4(12)3-5(13)7(2,10)11/h3H2,1-2H3. The van der Waals surface area contributed by atoms with Crippen molar-refractivity contribution >= 4 is 11.6 Å². The van der Waals surface area contributed by atoms with E-state index in [1.165, 1.54) is 0 Å². The summed E-state index contributed by atoms with van der Waals surface area (Å²) < 4.78 is 48.5. The van der Waals surface area contributed by atoms with Crippen molar-refractivity contribution in [1.29, 1.82) is 0 Å². The van der Waals surface area contributed by atoms with Gasteiger partial charge in [0, 0.05) is 13.8 Å². The first-order valence-corrected chi connectivity index (χ1v) is 3.37. The number of ketones is 2. The molecule has 0 aromatic heterocycles. The van der Waals surface area contributed by atoms with Crippen molar-refractivity contribution in [3.63, 3.8) is 0 Å². The van der Waals surface area contributed by atoms with Crippen LogP contribution in [0.1, 0.15) is 20.3 Å². The van der Waals surface area contributed by atoms with E-state index >= 15 is 0 Å². The smallest absolute Gasteiger partial charge is 0.292 e.